The van der Waals surface area contributed by atoms with Crippen LogP contribution in [0.4, 0.5) is 0 Å². The summed E-state index contributed by atoms with van der Waals surface area (Å²) in [6.07, 6.45) is 1.83. The Labute approximate surface area is 120 Å². The monoisotopic (exact) mass is 267 g/mol. The molecule has 1 aromatic heterocycles. The van der Waals surface area contributed by atoms with E-state index in [-0.39, 0.29) is 0 Å². The number of aromatic nitrogens is 2. The lowest BCUT2D eigenvalue weighted by Gasteiger charge is -2.11. The van der Waals surface area contributed by atoms with Gasteiger partial charge in [-0.05, 0) is 25.3 Å². The van der Waals surface area contributed by atoms with Gasteiger partial charge in [0.15, 0.2) is 0 Å². The van der Waals surface area contributed by atoms with Crippen LogP contribution in [0.2, 0.25) is 0 Å². The van der Waals surface area contributed by atoms with Crippen molar-refractivity contribution >= 4 is 6.21 Å². The van der Waals surface area contributed by atoms with Crippen molar-refractivity contribution in [2.75, 3.05) is 7.05 Å². The largest absolute Gasteiger partial charge is 0.296 e. The lowest BCUT2D eigenvalue weighted by atomic mass is 9.99. The average Bonchev–Trinajstić information content (AvgIpc) is 2.41. The zero-order valence-electron chi connectivity index (χ0n) is 12.8. The normalized spacial score (nSPS) is 11.5. The van der Waals surface area contributed by atoms with Crippen molar-refractivity contribution in [3.63, 3.8) is 0 Å². The minimum Gasteiger partial charge on any atom is -0.296 e. The molecule has 104 valence electrons. The Morgan fingerprint density at radius 3 is 2.25 bits per heavy atom. The van der Waals surface area contributed by atoms with Crippen LogP contribution in [0, 0.1) is 13.8 Å². The molecule has 0 aliphatic carbocycles. The third-order valence-corrected chi connectivity index (χ3v) is 3.36. The van der Waals surface area contributed by atoms with Crippen molar-refractivity contribution in [3.05, 3.63) is 46.9 Å². The number of aryl methyl sites for hydroxylation is 2. The van der Waals surface area contributed by atoms with Crippen LogP contribution in [0.25, 0.3) is 11.3 Å². The summed E-state index contributed by atoms with van der Waals surface area (Å²) in [4.78, 5) is 13.1. The summed E-state index contributed by atoms with van der Waals surface area (Å²) in [7, 11) is 1.77. The first-order valence-corrected chi connectivity index (χ1v) is 6.90. The van der Waals surface area contributed by atoms with Crippen LogP contribution in [0.1, 0.15) is 42.4 Å². The van der Waals surface area contributed by atoms with E-state index < -0.39 is 0 Å². The molecule has 0 amide bonds. The molecule has 0 radical (unpaired) electrons. The van der Waals surface area contributed by atoms with E-state index in [9.17, 15) is 0 Å². The Morgan fingerprint density at radius 1 is 1.05 bits per heavy atom. The summed E-state index contributed by atoms with van der Waals surface area (Å²) >= 11 is 0. The Balaban J connectivity index is 2.56. The van der Waals surface area contributed by atoms with Gasteiger partial charge in [0.05, 0.1) is 11.4 Å². The van der Waals surface area contributed by atoms with Crippen LogP contribution in [0.5, 0.6) is 0 Å². The first-order chi connectivity index (χ1) is 9.52. The molecule has 0 aliphatic heterocycles. The van der Waals surface area contributed by atoms with Crippen LogP contribution in [-0.2, 0) is 0 Å². The highest BCUT2D eigenvalue weighted by atomic mass is 14.9. The maximum Gasteiger partial charge on any atom is 0.126 e. The minimum absolute atomic E-state index is 0.537. The van der Waals surface area contributed by atoms with Gasteiger partial charge in [0.2, 0.25) is 0 Å². The number of hydrogen-bond donors (Lipinski definition) is 0. The molecular formula is C17H21N3. The summed E-state index contributed by atoms with van der Waals surface area (Å²) in [5.74, 6) is 1.33. The molecule has 1 aromatic carbocycles. The van der Waals surface area contributed by atoms with Crippen molar-refractivity contribution in [2.45, 2.75) is 33.6 Å². The van der Waals surface area contributed by atoms with E-state index >= 15 is 0 Å². The third-order valence-electron chi connectivity index (χ3n) is 3.36. The van der Waals surface area contributed by atoms with E-state index in [0.717, 1.165) is 28.3 Å². The van der Waals surface area contributed by atoms with Crippen molar-refractivity contribution in [3.8, 4) is 11.3 Å². The molecular weight excluding hydrogens is 246 g/mol. The quantitative estimate of drug-likeness (QED) is 0.790. The molecule has 0 atom stereocenters. The van der Waals surface area contributed by atoms with E-state index in [4.69, 9.17) is 0 Å². The van der Waals surface area contributed by atoms with Crippen molar-refractivity contribution in [1.82, 2.24) is 9.97 Å². The smallest absolute Gasteiger partial charge is 0.126 e. The fourth-order valence-electron chi connectivity index (χ4n) is 2.25. The molecule has 0 saturated carbocycles. The predicted molar refractivity (Wildman–Crippen MR) is 84.5 cm³/mol. The molecule has 0 bridgehead atoms. The van der Waals surface area contributed by atoms with Gasteiger partial charge in [0.1, 0.15) is 5.82 Å². The number of nitrogens with zero attached hydrogens (tertiary/aromatic N) is 3. The van der Waals surface area contributed by atoms with Crippen LogP contribution in [0.3, 0.4) is 0 Å². The van der Waals surface area contributed by atoms with E-state index in [1.807, 2.05) is 20.1 Å². The fourth-order valence-corrected chi connectivity index (χ4v) is 2.25. The predicted octanol–water partition coefficient (Wildman–Crippen LogP) is 3.93. The Bertz CT molecular complexity index is 625. The second-order valence-electron chi connectivity index (χ2n) is 5.28. The highest BCUT2D eigenvalue weighted by molar-refractivity contribution is 5.89. The highest BCUT2D eigenvalue weighted by Crippen LogP contribution is 2.24. The molecule has 1 heterocycles. The molecule has 0 spiro atoms. The van der Waals surface area contributed by atoms with E-state index in [2.05, 4.69) is 53.1 Å². The Kier molecular flexibility index (Phi) is 4.28. The SMILES string of the molecule is CN=Cc1c(C)nc(C)nc1-c1ccc(C(C)C)cc1. The number of rotatable bonds is 3. The van der Waals surface area contributed by atoms with Crippen molar-refractivity contribution < 1.29 is 0 Å². The van der Waals surface area contributed by atoms with Gasteiger partial charge < -0.3 is 0 Å². The fraction of sp³-hybridized carbons (Fsp3) is 0.353. The van der Waals surface area contributed by atoms with Gasteiger partial charge in [-0.2, -0.15) is 0 Å². The van der Waals surface area contributed by atoms with E-state index in [1.54, 1.807) is 7.05 Å². The van der Waals surface area contributed by atoms with Gasteiger partial charge in [0, 0.05) is 24.4 Å². The summed E-state index contributed by atoms with van der Waals surface area (Å²) in [5, 5.41) is 0. The molecule has 2 aromatic rings. The van der Waals surface area contributed by atoms with Gasteiger partial charge in [-0.1, -0.05) is 38.1 Å². The zero-order valence-corrected chi connectivity index (χ0v) is 12.8. The maximum absolute atomic E-state index is 4.59. The molecule has 0 unspecified atom stereocenters. The van der Waals surface area contributed by atoms with Gasteiger partial charge in [-0.25, -0.2) is 9.97 Å². The maximum atomic E-state index is 4.59. The van der Waals surface area contributed by atoms with Crippen LogP contribution in [-0.4, -0.2) is 23.2 Å². The van der Waals surface area contributed by atoms with Crippen LogP contribution >= 0.6 is 0 Å². The number of hydrogen-bond acceptors (Lipinski definition) is 3. The van der Waals surface area contributed by atoms with Gasteiger partial charge in [-0.3, -0.25) is 4.99 Å². The first kappa shape index (κ1) is 14.4. The lowest BCUT2D eigenvalue weighted by molar-refractivity contribution is 0.867. The van der Waals surface area contributed by atoms with Gasteiger partial charge in [-0.15, -0.1) is 0 Å². The van der Waals surface area contributed by atoms with Gasteiger partial charge >= 0.3 is 0 Å². The first-order valence-electron chi connectivity index (χ1n) is 6.90. The summed E-state index contributed by atoms with van der Waals surface area (Å²) < 4.78 is 0. The summed E-state index contributed by atoms with van der Waals surface area (Å²) in [5.41, 5.74) is 5.36. The zero-order chi connectivity index (χ0) is 14.7. The molecule has 0 aliphatic rings. The molecule has 0 saturated heterocycles. The standard InChI is InChI=1S/C17H21N3/c1-11(2)14-6-8-15(9-7-14)17-16(10-18-5)12(3)19-13(4)20-17/h6-11H,1-5H3. The minimum atomic E-state index is 0.537. The second kappa shape index (κ2) is 5.95. The Morgan fingerprint density at radius 2 is 1.70 bits per heavy atom. The lowest BCUT2D eigenvalue weighted by Crippen LogP contribution is -2.02. The van der Waals surface area contributed by atoms with E-state index in [1.165, 1.54) is 5.56 Å². The second-order valence-corrected chi connectivity index (χ2v) is 5.28. The summed E-state index contributed by atoms with van der Waals surface area (Å²) in [6.45, 7) is 8.32. The van der Waals surface area contributed by atoms with Gasteiger partial charge in [0.25, 0.3) is 0 Å². The van der Waals surface area contributed by atoms with Crippen molar-refractivity contribution in [2.24, 2.45) is 4.99 Å². The molecule has 20 heavy (non-hydrogen) atoms. The number of benzene rings is 1. The molecule has 0 fully saturated rings. The number of aliphatic imine (C=N–C) groups is 1. The average molecular weight is 267 g/mol. The Hall–Kier alpha value is -2.03. The molecule has 3 heteroatoms. The van der Waals surface area contributed by atoms with Crippen LogP contribution in [0.15, 0.2) is 29.3 Å². The highest BCUT2D eigenvalue weighted by Gasteiger charge is 2.11. The van der Waals surface area contributed by atoms with Crippen molar-refractivity contribution in [1.29, 1.82) is 0 Å². The third kappa shape index (κ3) is 2.93. The van der Waals surface area contributed by atoms with Crippen LogP contribution < -0.4 is 0 Å². The molecule has 2 rings (SSSR count). The topological polar surface area (TPSA) is 38.1 Å². The molecule has 3 nitrogen and oxygen atoms in total. The molecule has 0 N–H and O–H groups in total. The summed E-state index contributed by atoms with van der Waals surface area (Å²) in [6, 6.07) is 8.59. The van der Waals surface area contributed by atoms with E-state index in [0.29, 0.717) is 5.92 Å².